The molecule has 0 bridgehead atoms. The Kier molecular flexibility index (Phi) is 4.03. The molecule has 0 amide bonds. The number of anilines is 1. The number of ether oxygens (including phenoxy) is 2. The SMILES string of the molecule is COCc1c(Br)cccc1NC1COc2cc(O)ccc21. The molecule has 1 unspecified atom stereocenters. The van der Waals surface area contributed by atoms with Crippen molar-refractivity contribution in [3.63, 3.8) is 0 Å². The maximum Gasteiger partial charge on any atom is 0.128 e. The van der Waals surface area contributed by atoms with Crippen LogP contribution in [0.15, 0.2) is 40.9 Å². The van der Waals surface area contributed by atoms with Crippen LogP contribution < -0.4 is 10.1 Å². The van der Waals surface area contributed by atoms with E-state index in [-0.39, 0.29) is 11.8 Å². The lowest BCUT2D eigenvalue weighted by molar-refractivity contribution is 0.185. The Morgan fingerprint density at radius 1 is 1.38 bits per heavy atom. The predicted octanol–water partition coefficient (Wildman–Crippen LogP) is 3.85. The monoisotopic (exact) mass is 349 g/mol. The molecule has 2 aromatic carbocycles. The Bertz CT molecular complexity index is 660. The van der Waals surface area contributed by atoms with E-state index in [0.717, 1.165) is 27.0 Å². The summed E-state index contributed by atoms with van der Waals surface area (Å²) in [6.07, 6.45) is 0. The highest BCUT2D eigenvalue weighted by Gasteiger charge is 2.25. The normalized spacial score (nSPS) is 16.4. The molecule has 110 valence electrons. The highest BCUT2D eigenvalue weighted by molar-refractivity contribution is 9.10. The molecule has 0 fully saturated rings. The van der Waals surface area contributed by atoms with Gasteiger partial charge in [0.2, 0.25) is 0 Å². The van der Waals surface area contributed by atoms with Gasteiger partial charge in [0.05, 0.1) is 12.6 Å². The van der Waals surface area contributed by atoms with Crippen molar-refractivity contribution in [3.05, 3.63) is 52.0 Å². The third-order valence-corrected chi connectivity index (χ3v) is 4.26. The summed E-state index contributed by atoms with van der Waals surface area (Å²) in [4.78, 5) is 0. The lowest BCUT2D eigenvalue weighted by Crippen LogP contribution is -2.13. The predicted molar refractivity (Wildman–Crippen MR) is 84.8 cm³/mol. The van der Waals surface area contributed by atoms with Crippen molar-refractivity contribution < 1.29 is 14.6 Å². The zero-order chi connectivity index (χ0) is 14.8. The molecule has 0 saturated heterocycles. The summed E-state index contributed by atoms with van der Waals surface area (Å²) in [5.41, 5.74) is 3.14. The fraction of sp³-hybridized carbons (Fsp3) is 0.250. The molecule has 5 heteroatoms. The summed E-state index contributed by atoms with van der Waals surface area (Å²) < 4.78 is 11.9. The van der Waals surface area contributed by atoms with Crippen molar-refractivity contribution in [2.24, 2.45) is 0 Å². The number of benzene rings is 2. The fourth-order valence-electron chi connectivity index (χ4n) is 2.49. The lowest BCUT2D eigenvalue weighted by Gasteiger charge is -2.17. The van der Waals surface area contributed by atoms with Gasteiger partial charge < -0.3 is 19.9 Å². The maximum atomic E-state index is 9.50. The van der Waals surface area contributed by atoms with Crippen molar-refractivity contribution in [1.29, 1.82) is 0 Å². The van der Waals surface area contributed by atoms with Gasteiger partial charge in [-0.1, -0.05) is 22.0 Å². The molecule has 1 aliphatic rings. The average Bonchev–Trinajstić information content (AvgIpc) is 2.85. The topological polar surface area (TPSA) is 50.7 Å². The molecule has 0 aromatic heterocycles. The van der Waals surface area contributed by atoms with Crippen LogP contribution >= 0.6 is 15.9 Å². The molecule has 2 N–H and O–H groups in total. The zero-order valence-corrected chi connectivity index (χ0v) is 13.2. The lowest BCUT2D eigenvalue weighted by atomic mass is 10.1. The van der Waals surface area contributed by atoms with Gasteiger partial charge >= 0.3 is 0 Å². The minimum absolute atomic E-state index is 0.0607. The Morgan fingerprint density at radius 3 is 3.05 bits per heavy atom. The zero-order valence-electron chi connectivity index (χ0n) is 11.6. The van der Waals surface area contributed by atoms with E-state index in [4.69, 9.17) is 9.47 Å². The van der Waals surface area contributed by atoms with Gasteiger partial charge in [0.25, 0.3) is 0 Å². The first kappa shape index (κ1) is 14.2. The standard InChI is InChI=1S/C16H16BrNO3/c1-20-8-12-13(17)3-2-4-14(12)18-15-9-21-16-7-10(19)5-6-11(15)16/h2-7,15,18-19H,8-9H2,1H3. The third kappa shape index (κ3) is 2.84. The van der Waals surface area contributed by atoms with E-state index >= 15 is 0 Å². The van der Waals surface area contributed by atoms with Crippen LogP contribution in [0.2, 0.25) is 0 Å². The molecule has 1 aliphatic heterocycles. The van der Waals surface area contributed by atoms with Crippen LogP contribution in [0.4, 0.5) is 5.69 Å². The summed E-state index contributed by atoms with van der Waals surface area (Å²) in [6.45, 7) is 1.07. The molecule has 4 nitrogen and oxygen atoms in total. The number of hydrogen-bond donors (Lipinski definition) is 2. The van der Waals surface area contributed by atoms with Crippen molar-refractivity contribution in [1.82, 2.24) is 0 Å². The first-order valence-corrected chi connectivity index (χ1v) is 7.47. The van der Waals surface area contributed by atoms with E-state index in [9.17, 15) is 5.11 Å². The van der Waals surface area contributed by atoms with Crippen LogP contribution in [0.3, 0.4) is 0 Å². The number of nitrogens with one attached hydrogen (secondary N) is 1. The summed E-state index contributed by atoms with van der Waals surface area (Å²) in [6, 6.07) is 11.3. The van der Waals surface area contributed by atoms with E-state index < -0.39 is 0 Å². The summed E-state index contributed by atoms with van der Waals surface area (Å²) >= 11 is 3.55. The first-order chi connectivity index (χ1) is 10.2. The Morgan fingerprint density at radius 2 is 2.24 bits per heavy atom. The molecule has 0 radical (unpaired) electrons. The van der Waals surface area contributed by atoms with Gasteiger partial charge in [0.1, 0.15) is 18.1 Å². The van der Waals surface area contributed by atoms with Gasteiger partial charge in [-0.05, 0) is 24.3 Å². The maximum absolute atomic E-state index is 9.50. The van der Waals surface area contributed by atoms with E-state index in [2.05, 4.69) is 21.2 Å². The van der Waals surface area contributed by atoms with Crippen molar-refractivity contribution in [2.75, 3.05) is 19.0 Å². The van der Waals surface area contributed by atoms with E-state index in [0.29, 0.717) is 13.2 Å². The number of halogens is 1. The molecule has 0 spiro atoms. The minimum atomic E-state index is 0.0607. The van der Waals surface area contributed by atoms with Gasteiger partial charge in [-0.3, -0.25) is 0 Å². The molecule has 1 heterocycles. The quantitative estimate of drug-likeness (QED) is 0.880. The molecule has 0 aliphatic carbocycles. The number of aromatic hydroxyl groups is 1. The molecular formula is C16H16BrNO3. The summed E-state index contributed by atoms with van der Waals surface area (Å²) in [5.74, 6) is 0.952. The number of methoxy groups -OCH3 is 1. The number of fused-ring (bicyclic) bond motifs is 1. The Balaban J connectivity index is 1.88. The first-order valence-electron chi connectivity index (χ1n) is 6.67. The van der Waals surface area contributed by atoms with Crippen LogP contribution in [0.1, 0.15) is 17.2 Å². The second-order valence-corrected chi connectivity index (χ2v) is 5.78. The van der Waals surface area contributed by atoms with E-state index in [1.54, 1.807) is 19.2 Å². The molecule has 2 aromatic rings. The second kappa shape index (κ2) is 5.95. The number of phenolic OH excluding ortho intramolecular Hbond substituents is 1. The van der Waals surface area contributed by atoms with Crippen LogP contribution in [-0.4, -0.2) is 18.8 Å². The van der Waals surface area contributed by atoms with Gasteiger partial charge in [-0.15, -0.1) is 0 Å². The molecule has 3 rings (SSSR count). The second-order valence-electron chi connectivity index (χ2n) is 4.93. The summed E-state index contributed by atoms with van der Waals surface area (Å²) in [7, 11) is 1.68. The fourth-order valence-corrected chi connectivity index (χ4v) is 2.97. The smallest absolute Gasteiger partial charge is 0.128 e. The number of hydrogen-bond acceptors (Lipinski definition) is 4. The number of phenols is 1. The van der Waals surface area contributed by atoms with E-state index in [1.165, 1.54) is 0 Å². The number of rotatable bonds is 4. The highest BCUT2D eigenvalue weighted by Crippen LogP contribution is 2.38. The highest BCUT2D eigenvalue weighted by atomic mass is 79.9. The molecule has 21 heavy (non-hydrogen) atoms. The molecular weight excluding hydrogens is 334 g/mol. The Hall–Kier alpha value is -1.72. The average molecular weight is 350 g/mol. The van der Waals surface area contributed by atoms with E-state index in [1.807, 2.05) is 24.3 Å². The van der Waals surface area contributed by atoms with Crippen LogP contribution in [0.25, 0.3) is 0 Å². The van der Waals surface area contributed by atoms with Crippen LogP contribution in [0, 0.1) is 0 Å². The van der Waals surface area contributed by atoms with Crippen molar-refractivity contribution >= 4 is 21.6 Å². The Labute approximate surface area is 131 Å². The van der Waals surface area contributed by atoms with Gasteiger partial charge in [-0.2, -0.15) is 0 Å². The molecule has 0 saturated carbocycles. The van der Waals surface area contributed by atoms with Gasteiger partial charge in [0.15, 0.2) is 0 Å². The minimum Gasteiger partial charge on any atom is -0.508 e. The van der Waals surface area contributed by atoms with Gasteiger partial charge in [0, 0.05) is 34.5 Å². The van der Waals surface area contributed by atoms with Crippen LogP contribution in [-0.2, 0) is 11.3 Å². The summed E-state index contributed by atoms with van der Waals surface area (Å²) in [5, 5.41) is 13.0. The van der Waals surface area contributed by atoms with Crippen molar-refractivity contribution in [3.8, 4) is 11.5 Å². The molecule has 1 atom stereocenters. The van der Waals surface area contributed by atoms with Crippen molar-refractivity contribution in [2.45, 2.75) is 12.6 Å². The van der Waals surface area contributed by atoms with Gasteiger partial charge in [-0.25, -0.2) is 0 Å². The third-order valence-electron chi connectivity index (χ3n) is 3.52. The van der Waals surface area contributed by atoms with Crippen LogP contribution in [0.5, 0.6) is 11.5 Å². The largest absolute Gasteiger partial charge is 0.508 e.